The van der Waals surface area contributed by atoms with Gasteiger partial charge in [0.15, 0.2) is 0 Å². The first kappa shape index (κ1) is 13.7. The molecule has 0 amide bonds. The van der Waals surface area contributed by atoms with E-state index >= 15 is 0 Å². The van der Waals surface area contributed by atoms with E-state index in [1.165, 1.54) is 12.8 Å². The van der Waals surface area contributed by atoms with Crippen molar-refractivity contribution in [3.05, 3.63) is 25.1 Å². The summed E-state index contributed by atoms with van der Waals surface area (Å²) in [7, 11) is 0. The third-order valence-corrected chi connectivity index (χ3v) is 8.93. The molecule has 4 bridgehead atoms. The molecule has 0 nitrogen and oxygen atoms in total. The monoisotopic (exact) mass is 372 g/mol. The summed E-state index contributed by atoms with van der Waals surface area (Å²) in [5.74, 6) is 3.58. The summed E-state index contributed by atoms with van der Waals surface area (Å²) in [6.45, 7) is 0. The molecule has 19 heavy (non-hydrogen) atoms. The Labute approximate surface area is 141 Å². The van der Waals surface area contributed by atoms with Crippen molar-refractivity contribution in [2.75, 3.05) is 0 Å². The molecule has 102 valence electrons. The van der Waals surface area contributed by atoms with Gasteiger partial charge >= 0.3 is 0 Å². The SMILES string of the molecule is Clc1c(Cl)c(Cl)c(SC2C3CC4C(C3)C42)c(Cl)c1Cl. The largest absolute Gasteiger partial charge is 0.119 e. The molecule has 0 aromatic heterocycles. The molecular formula is C13H9Cl5S. The third-order valence-electron chi connectivity index (χ3n) is 4.82. The maximum atomic E-state index is 6.30. The molecule has 6 heteroatoms. The van der Waals surface area contributed by atoms with Crippen molar-refractivity contribution < 1.29 is 0 Å². The van der Waals surface area contributed by atoms with Gasteiger partial charge in [-0.3, -0.25) is 0 Å². The van der Waals surface area contributed by atoms with E-state index in [9.17, 15) is 0 Å². The van der Waals surface area contributed by atoms with Crippen molar-refractivity contribution in [3.63, 3.8) is 0 Å². The van der Waals surface area contributed by atoms with Crippen molar-refractivity contribution in [1.29, 1.82) is 0 Å². The number of hydrogen-bond donors (Lipinski definition) is 0. The van der Waals surface area contributed by atoms with Crippen LogP contribution in [0.25, 0.3) is 0 Å². The van der Waals surface area contributed by atoms with Gasteiger partial charge in [0.25, 0.3) is 0 Å². The summed E-state index contributed by atoms with van der Waals surface area (Å²) in [5.41, 5.74) is 0. The van der Waals surface area contributed by atoms with E-state index in [0.29, 0.717) is 25.3 Å². The summed E-state index contributed by atoms with van der Waals surface area (Å²) < 4.78 is 0. The minimum atomic E-state index is 0.239. The summed E-state index contributed by atoms with van der Waals surface area (Å²) in [6.07, 6.45) is 2.74. The molecule has 5 rings (SSSR count). The maximum absolute atomic E-state index is 6.30. The van der Waals surface area contributed by atoms with Gasteiger partial charge in [0.1, 0.15) is 0 Å². The molecule has 3 atom stereocenters. The van der Waals surface area contributed by atoms with Gasteiger partial charge < -0.3 is 0 Å². The Hall–Kier alpha value is 1.02. The van der Waals surface area contributed by atoms with Crippen molar-refractivity contribution in [2.24, 2.45) is 23.7 Å². The van der Waals surface area contributed by atoms with Crippen molar-refractivity contribution in [1.82, 2.24) is 0 Å². The van der Waals surface area contributed by atoms with E-state index in [2.05, 4.69) is 0 Å². The molecule has 0 spiro atoms. The van der Waals surface area contributed by atoms with Gasteiger partial charge in [-0.25, -0.2) is 0 Å². The van der Waals surface area contributed by atoms with Crippen molar-refractivity contribution >= 4 is 69.8 Å². The molecule has 0 aliphatic heterocycles. The van der Waals surface area contributed by atoms with Crippen LogP contribution in [0.4, 0.5) is 0 Å². The van der Waals surface area contributed by atoms with Gasteiger partial charge in [-0.2, -0.15) is 0 Å². The van der Waals surface area contributed by atoms with E-state index in [4.69, 9.17) is 58.0 Å². The van der Waals surface area contributed by atoms with Crippen molar-refractivity contribution in [2.45, 2.75) is 23.0 Å². The first-order valence-electron chi connectivity index (χ1n) is 6.18. The lowest BCUT2D eigenvalue weighted by molar-refractivity contribution is 0.615. The Balaban J connectivity index is 1.72. The number of rotatable bonds is 2. The summed E-state index contributed by atoms with van der Waals surface area (Å²) >= 11 is 32.6. The average Bonchev–Trinajstić information content (AvgIpc) is 2.77. The smallest absolute Gasteiger partial charge is 0.0809 e. The van der Waals surface area contributed by atoms with Crippen LogP contribution in [0.5, 0.6) is 0 Å². The normalized spacial score (nSPS) is 38.1. The fraction of sp³-hybridized carbons (Fsp3) is 0.538. The highest BCUT2D eigenvalue weighted by Gasteiger charge is 2.68. The summed E-state index contributed by atoms with van der Waals surface area (Å²) in [6, 6.07) is 0. The number of halogens is 5. The van der Waals surface area contributed by atoms with Crippen LogP contribution in [-0.2, 0) is 0 Å². The van der Waals surface area contributed by atoms with E-state index in [-0.39, 0.29) is 5.02 Å². The lowest BCUT2D eigenvalue weighted by atomic mass is 10.1. The minimum absolute atomic E-state index is 0.239. The Morgan fingerprint density at radius 2 is 1.21 bits per heavy atom. The first-order chi connectivity index (χ1) is 9.00. The molecule has 0 N–H and O–H groups in total. The van der Waals surface area contributed by atoms with Gasteiger partial charge in [-0.05, 0) is 36.5 Å². The lowest BCUT2D eigenvalue weighted by Crippen LogP contribution is -2.07. The van der Waals surface area contributed by atoms with Crippen LogP contribution in [0.1, 0.15) is 12.8 Å². The first-order valence-corrected chi connectivity index (χ1v) is 8.95. The third kappa shape index (κ3) is 1.82. The predicted octanol–water partition coefficient (Wildman–Crippen LogP) is 6.70. The van der Waals surface area contributed by atoms with Gasteiger partial charge in [0.05, 0.1) is 25.1 Å². The van der Waals surface area contributed by atoms with Crippen LogP contribution in [0, 0.1) is 23.7 Å². The molecule has 1 aromatic rings. The highest BCUT2D eigenvalue weighted by Crippen LogP contribution is 2.74. The topological polar surface area (TPSA) is 0 Å². The highest BCUT2D eigenvalue weighted by molar-refractivity contribution is 8.00. The second kappa shape index (κ2) is 4.51. The van der Waals surface area contributed by atoms with Crippen LogP contribution in [0.15, 0.2) is 4.90 Å². The van der Waals surface area contributed by atoms with Gasteiger partial charge in [0.2, 0.25) is 0 Å². The Bertz CT molecular complexity index is 544. The predicted molar refractivity (Wildman–Crippen MR) is 84.3 cm³/mol. The van der Waals surface area contributed by atoms with Gasteiger partial charge in [-0.15, -0.1) is 11.8 Å². The molecule has 1 aromatic carbocycles. The molecule has 4 aliphatic rings. The average molecular weight is 375 g/mol. The molecule has 4 aliphatic carbocycles. The molecule has 0 saturated heterocycles. The van der Waals surface area contributed by atoms with E-state index in [1.807, 2.05) is 0 Å². The zero-order chi connectivity index (χ0) is 13.5. The maximum Gasteiger partial charge on any atom is 0.0809 e. The Morgan fingerprint density at radius 3 is 1.63 bits per heavy atom. The van der Waals surface area contributed by atoms with E-state index in [0.717, 1.165) is 28.6 Å². The number of thioether (sulfide) groups is 1. The highest BCUT2D eigenvalue weighted by atomic mass is 35.5. The Morgan fingerprint density at radius 1 is 0.737 bits per heavy atom. The van der Waals surface area contributed by atoms with Crippen LogP contribution in [0.2, 0.25) is 25.1 Å². The zero-order valence-electron chi connectivity index (χ0n) is 9.60. The molecule has 4 fully saturated rings. The standard InChI is InChI=1S/C13H9Cl5S/c14-7-8(15)10(17)13(11(18)9(7)16)19-12-3-1-4-5(2-3)6(4)12/h3-6,12H,1-2H2. The molecule has 0 heterocycles. The number of benzene rings is 1. The second-order valence-electron chi connectivity index (χ2n) is 5.62. The van der Waals surface area contributed by atoms with E-state index < -0.39 is 0 Å². The Kier molecular flexibility index (Phi) is 3.24. The van der Waals surface area contributed by atoms with E-state index in [1.54, 1.807) is 11.8 Å². The summed E-state index contributed by atoms with van der Waals surface area (Å²) in [4.78, 5) is 0.797. The molecule has 0 radical (unpaired) electrons. The van der Waals surface area contributed by atoms with Crippen molar-refractivity contribution in [3.8, 4) is 0 Å². The molecule has 3 unspecified atom stereocenters. The van der Waals surface area contributed by atoms with Crippen LogP contribution >= 0.6 is 69.8 Å². The number of hydrogen-bond acceptors (Lipinski definition) is 1. The minimum Gasteiger partial charge on any atom is -0.119 e. The van der Waals surface area contributed by atoms with Crippen LogP contribution in [-0.4, -0.2) is 5.25 Å². The lowest BCUT2D eigenvalue weighted by Gasteiger charge is -2.18. The summed E-state index contributed by atoms with van der Waals surface area (Å²) in [5, 5.41) is 2.34. The van der Waals surface area contributed by atoms with Crippen LogP contribution < -0.4 is 0 Å². The van der Waals surface area contributed by atoms with Gasteiger partial charge in [-0.1, -0.05) is 58.0 Å². The molecule has 4 saturated carbocycles. The fourth-order valence-electron chi connectivity index (χ4n) is 4.00. The van der Waals surface area contributed by atoms with Crippen LogP contribution in [0.3, 0.4) is 0 Å². The van der Waals surface area contributed by atoms with Gasteiger partial charge in [0, 0.05) is 10.1 Å². The fourth-order valence-corrected chi connectivity index (χ4v) is 7.18. The zero-order valence-corrected chi connectivity index (χ0v) is 14.2. The second-order valence-corrected chi connectivity index (χ2v) is 8.70. The molecular weight excluding hydrogens is 365 g/mol. The quantitative estimate of drug-likeness (QED) is 0.410.